The van der Waals surface area contributed by atoms with Gasteiger partial charge in [-0.15, -0.1) is 0 Å². The lowest BCUT2D eigenvalue weighted by Gasteiger charge is -2.37. The fourth-order valence-corrected chi connectivity index (χ4v) is 5.15. The number of nitrogens with one attached hydrogen (secondary N) is 1. The molecular formula is C15H27N3O3S. The van der Waals surface area contributed by atoms with E-state index < -0.39 is 10.0 Å². The third-order valence-electron chi connectivity index (χ3n) is 5.73. The van der Waals surface area contributed by atoms with E-state index in [1.807, 2.05) is 4.90 Å². The summed E-state index contributed by atoms with van der Waals surface area (Å²) in [4.78, 5) is 14.8. The molecule has 0 aromatic rings. The Hall–Kier alpha value is -0.660. The zero-order valence-electron chi connectivity index (χ0n) is 13.2. The van der Waals surface area contributed by atoms with Crippen LogP contribution in [0.4, 0.5) is 0 Å². The summed E-state index contributed by atoms with van der Waals surface area (Å²) in [5.74, 6) is 1.43. The van der Waals surface area contributed by atoms with Gasteiger partial charge in [0.2, 0.25) is 15.9 Å². The minimum atomic E-state index is -3.17. The van der Waals surface area contributed by atoms with Gasteiger partial charge in [0.15, 0.2) is 0 Å². The van der Waals surface area contributed by atoms with Crippen molar-refractivity contribution in [2.75, 3.05) is 25.9 Å². The van der Waals surface area contributed by atoms with E-state index in [-0.39, 0.29) is 23.8 Å². The lowest BCUT2D eigenvalue weighted by atomic mass is 9.83. The molecular weight excluding hydrogens is 302 g/mol. The molecule has 1 aliphatic heterocycles. The van der Waals surface area contributed by atoms with E-state index in [2.05, 4.69) is 4.72 Å². The summed E-state index contributed by atoms with van der Waals surface area (Å²) < 4.78 is 25.0. The second-order valence-corrected chi connectivity index (χ2v) is 9.18. The molecule has 1 saturated heterocycles. The monoisotopic (exact) mass is 329 g/mol. The van der Waals surface area contributed by atoms with Gasteiger partial charge in [0, 0.05) is 25.7 Å². The highest BCUT2D eigenvalue weighted by atomic mass is 32.2. The standard InChI is InChI=1S/C15H27N3O3S/c1-22(20,21)17-8-10-3-2-6-18(9-10)15(19)13-11-4-5-12(7-11)14(13)16/h10-14,17H,2-9,16H2,1H3. The zero-order valence-corrected chi connectivity index (χ0v) is 14.0. The van der Waals surface area contributed by atoms with Crippen molar-refractivity contribution in [2.45, 2.75) is 38.1 Å². The summed E-state index contributed by atoms with van der Waals surface area (Å²) in [7, 11) is -3.17. The van der Waals surface area contributed by atoms with Gasteiger partial charge in [0.05, 0.1) is 12.2 Å². The number of piperidine rings is 1. The normalized spacial score (nSPS) is 38.5. The maximum absolute atomic E-state index is 12.9. The van der Waals surface area contributed by atoms with Crippen LogP contribution in [0, 0.1) is 23.7 Å². The zero-order chi connectivity index (χ0) is 15.9. The molecule has 7 heteroatoms. The van der Waals surface area contributed by atoms with Gasteiger partial charge >= 0.3 is 0 Å². The third kappa shape index (κ3) is 3.31. The van der Waals surface area contributed by atoms with E-state index >= 15 is 0 Å². The van der Waals surface area contributed by atoms with Crippen LogP contribution in [0.25, 0.3) is 0 Å². The molecule has 2 bridgehead atoms. The molecule has 0 aromatic heterocycles. The Bertz CT molecular complexity index is 534. The van der Waals surface area contributed by atoms with Gasteiger partial charge in [-0.25, -0.2) is 13.1 Å². The third-order valence-corrected chi connectivity index (χ3v) is 6.42. The Morgan fingerprint density at radius 1 is 1.27 bits per heavy atom. The van der Waals surface area contributed by atoms with Gasteiger partial charge < -0.3 is 10.6 Å². The Labute approximate surface area is 132 Å². The number of fused-ring (bicyclic) bond motifs is 2. The number of nitrogens with two attached hydrogens (primary N) is 1. The second kappa shape index (κ2) is 6.09. The van der Waals surface area contributed by atoms with Gasteiger partial charge in [0.25, 0.3) is 0 Å². The molecule has 1 amide bonds. The van der Waals surface area contributed by atoms with Crippen molar-refractivity contribution in [3.63, 3.8) is 0 Å². The average Bonchev–Trinajstić information content (AvgIpc) is 3.05. The molecule has 22 heavy (non-hydrogen) atoms. The number of hydrogen-bond acceptors (Lipinski definition) is 4. The number of hydrogen-bond donors (Lipinski definition) is 2. The first kappa shape index (κ1) is 16.2. The quantitative estimate of drug-likeness (QED) is 0.768. The van der Waals surface area contributed by atoms with Crippen molar-refractivity contribution >= 4 is 15.9 Å². The highest BCUT2D eigenvalue weighted by molar-refractivity contribution is 7.88. The number of carbonyl (C=O) groups is 1. The first-order chi connectivity index (χ1) is 10.3. The van der Waals surface area contributed by atoms with Crippen molar-refractivity contribution in [1.82, 2.24) is 9.62 Å². The van der Waals surface area contributed by atoms with E-state index in [1.54, 1.807) is 0 Å². The summed E-state index contributed by atoms with van der Waals surface area (Å²) in [5.41, 5.74) is 6.28. The van der Waals surface area contributed by atoms with Crippen LogP contribution in [0.3, 0.4) is 0 Å². The molecule has 126 valence electrons. The molecule has 6 nitrogen and oxygen atoms in total. The summed E-state index contributed by atoms with van der Waals surface area (Å²) in [5, 5.41) is 0. The van der Waals surface area contributed by atoms with Crippen LogP contribution in [0.2, 0.25) is 0 Å². The van der Waals surface area contributed by atoms with Gasteiger partial charge in [-0.05, 0) is 49.9 Å². The van der Waals surface area contributed by atoms with Crippen LogP contribution in [-0.4, -0.2) is 51.2 Å². The summed E-state index contributed by atoms with van der Waals surface area (Å²) >= 11 is 0. The Kier molecular flexibility index (Phi) is 4.49. The summed E-state index contributed by atoms with van der Waals surface area (Å²) in [6.45, 7) is 1.86. The van der Waals surface area contributed by atoms with Crippen molar-refractivity contribution in [2.24, 2.45) is 29.4 Å². The number of nitrogens with zero attached hydrogens (tertiary/aromatic N) is 1. The summed E-state index contributed by atoms with van der Waals surface area (Å²) in [6.07, 6.45) is 6.52. The fraction of sp³-hybridized carbons (Fsp3) is 0.933. The first-order valence-corrected chi connectivity index (χ1v) is 10.2. The van der Waals surface area contributed by atoms with Gasteiger partial charge in [0.1, 0.15) is 0 Å². The first-order valence-electron chi connectivity index (χ1n) is 8.34. The van der Waals surface area contributed by atoms with Gasteiger partial charge in [-0.1, -0.05) is 0 Å². The number of amides is 1. The minimum Gasteiger partial charge on any atom is -0.342 e. The summed E-state index contributed by atoms with van der Waals surface area (Å²) in [6, 6.07) is 0.0285. The van der Waals surface area contributed by atoms with Crippen molar-refractivity contribution < 1.29 is 13.2 Å². The highest BCUT2D eigenvalue weighted by Crippen LogP contribution is 2.48. The van der Waals surface area contributed by atoms with Gasteiger partial charge in [-0.2, -0.15) is 0 Å². The van der Waals surface area contributed by atoms with Crippen LogP contribution >= 0.6 is 0 Å². The van der Waals surface area contributed by atoms with Crippen LogP contribution in [0.15, 0.2) is 0 Å². The molecule has 1 heterocycles. The molecule has 0 aromatic carbocycles. The van der Waals surface area contributed by atoms with Crippen molar-refractivity contribution in [3.8, 4) is 0 Å². The smallest absolute Gasteiger partial charge is 0.227 e. The van der Waals surface area contributed by atoms with Crippen LogP contribution in [-0.2, 0) is 14.8 Å². The maximum Gasteiger partial charge on any atom is 0.227 e. The SMILES string of the molecule is CS(=O)(=O)NCC1CCCN(C(=O)C2C3CCC(C3)C2N)C1. The van der Waals surface area contributed by atoms with Crippen LogP contribution in [0.5, 0.6) is 0 Å². The maximum atomic E-state index is 12.9. The molecule has 3 fully saturated rings. The minimum absolute atomic E-state index is 0.000340. The molecule has 5 atom stereocenters. The Morgan fingerprint density at radius 3 is 2.64 bits per heavy atom. The molecule has 2 aliphatic carbocycles. The largest absolute Gasteiger partial charge is 0.342 e. The van der Waals surface area contributed by atoms with Gasteiger partial charge in [-0.3, -0.25) is 4.79 Å². The Morgan fingerprint density at radius 2 is 2.00 bits per heavy atom. The molecule has 3 aliphatic rings. The number of likely N-dealkylation sites (tertiary alicyclic amines) is 1. The van der Waals surface area contributed by atoms with Crippen LogP contribution < -0.4 is 10.5 Å². The molecule has 5 unspecified atom stereocenters. The molecule has 3 rings (SSSR count). The van der Waals surface area contributed by atoms with E-state index in [9.17, 15) is 13.2 Å². The average molecular weight is 329 g/mol. The predicted molar refractivity (Wildman–Crippen MR) is 84.4 cm³/mol. The van der Waals surface area contributed by atoms with Crippen LogP contribution in [0.1, 0.15) is 32.1 Å². The van der Waals surface area contributed by atoms with E-state index in [0.29, 0.717) is 24.9 Å². The number of carbonyl (C=O) groups excluding carboxylic acids is 1. The predicted octanol–water partition coefficient (Wildman–Crippen LogP) is 0.148. The van der Waals surface area contributed by atoms with E-state index in [0.717, 1.165) is 32.2 Å². The molecule has 0 radical (unpaired) electrons. The number of sulfonamides is 1. The van der Waals surface area contributed by atoms with E-state index in [4.69, 9.17) is 5.73 Å². The lowest BCUT2D eigenvalue weighted by molar-refractivity contribution is -0.139. The molecule has 3 N–H and O–H groups in total. The number of rotatable bonds is 4. The molecule has 0 spiro atoms. The lowest BCUT2D eigenvalue weighted by Crippen LogP contribution is -2.51. The molecule has 2 saturated carbocycles. The highest BCUT2D eigenvalue weighted by Gasteiger charge is 2.50. The van der Waals surface area contributed by atoms with Crippen molar-refractivity contribution in [3.05, 3.63) is 0 Å². The Balaban J connectivity index is 1.59. The second-order valence-electron chi connectivity index (χ2n) is 7.35. The fourth-order valence-electron chi connectivity index (χ4n) is 4.61. The van der Waals surface area contributed by atoms with E-state index in [1.165, 1.54) is 12.7 Å². The topological polar surface area (TPSA) is 92.5 Å². The van der Waals surface area contributed by atoms with Crippen molar-refractivity contribution in [1.29, 1.82) is 0 Å².